The number of nitriles is 1. The summed E-state index contributed by atoms with van der Waals surface area (Å²) in [6, 6.07) is 13.5. The van der Waals surface area contributed by atoms with Gasteiger partial charge in [-0.25, -0.2) is 4.39 Å². The van der Waals surface area contributed by atoms with Gasteiger partial charge in [-0.1, -0.05) is 17.7 Å². The molecular weight excluding hydrogens is 453 g/mol. The first-order valence-electron chi connectivity index (χ1n) is 11.7. The lowest BCUT2D eigenvalue weighted by Crippen LogP contribution is -2.73. The SMILES string of the molecule is N#Cc1cccc(F)c1N1CC2(C1)CN(c1nnc3n1-c1ccc(Cl)cc1CN(C1CC1)C3)C2. The second-order valence-electron chi connectivity index (χ2n) is 10.1. The lowest BCUT2D eigenvalue weighted by atomic mass is 9.72. The molecule has 3 aliphatic heterocycles. The van der Waals surface area contributed by atoms with Crippen molar-refractivity contribution in [2.75, 3.05) is 36.0 Å². The number of hydrogen-bond donors (Lipinski definition) is 0. The van der Waals surface area contributed by atoms with Crippen molar-refractivity contribution >= 4 is 23.2 Å². The number of halogens is 2. The lowest BCUT2D eigenvalue weighted by Gasteiger charge is -2.61. The monoisotopic (exact) mass is 475 g/mol. The molecule has 2 aromatic carbocycles. The maximum Gasteiger partial charge on any atom is 0.231 e. The molecule has 0 unspecified atom stereocenters. The van der Waals surface area contributed by atoms with Crippen LogP contribution in [0, 0.1) is 22.6 Å². The Morgan fingerprint density at radius 1 is 1.03 bits per heavy atom. The first-order chi connectivity index (χ1) is 16.5. The van der Waals surface area contributed by atoms with Gasteiger partial charge in [0.2, 0.25) is 5.95 Å². The highest BCUT2D eigenvalue weighted by Gasteiger charge is 2.54. The molecule has 0 radical (unpaired) electrons. The van der Waals surface area contributed by atoms with Gasteiger partial charge in [0.1, 0.15) is 11.9 Å². The van der Waals surface area contributed by atoms with Gasteiger partial charge in [-0.05, 0) is 48.7 Å². The smallest absolute Gasteiger partial charge is 0.231 e. The minimum absolute atomic E-state index is 0.0923. The molecule has 3 aromatic rings. The van der Waals surface area contributed by atoms with Crippen LogP contribution in [0.15, 0.2) is 36.4 Å². The Bertz CT molecular complexity index is 1340. The maximum atomic E-state index is 14.4. The summed E-state index contributed by atoms with van der Waals surface area (Å²) in [6.07, 6.45) is 2.47. The minimum atomic E-state index is -0.330. The van der Waals surface area contributed by atoms with Crippen LogP contribution < -0.4 is 9.80 Å². The number of fused-ring (bicyclic) bond motifs is 3. The van der Waals surface area contributed by atoms with Gasteiger partial charge in [0, 0.05) is 49.2 Å². The molecule has 4 aliphatic rings. The molecule has 2 saturated heterocycles. The zero-order valence-electron chi connectivity index (χ0n) is 18.6. The molecule has 9 heteroatoms. The van der Waals surface area contributed by atoms with E-state index in [9.17, 15) is 9.65 Å². The van der Waals surface area contributed by atoms with Crippen molar-refractivity contribution in [3.8, 4) is 11.8 Å². The van der Waals surface area contributed by atoms with Crippen molar-refractivity contribution in [2.45, 2.75) is 32.0 Å². The highest BCUT2D eigenvalue weighted by molar-refractivity contribution is 6.30. The van der Waals surface area contributed by atoms with E-state index in [0.29, 0.717) is 17.3 Å². The van der Waals surface area contributed by atoms with Crippen LogP contribution in [0.5, 0.6) is 0 Å². The predicted octanol–water partition coefficient (Wildman–Crippen LogP) is 3.74. The molecule has 34 heavy (non-hydrogen) atoms. The molecule has 3 fully saturated rings. The molecule has 0 N–H and O–H groups in total. The number of nitrogens with zero attached hydrogens (tertiary/aromatic N) is 7. The zero-order chi connectivity index (χ0) is 23.0. The van der Waals surface area contributed by atoms with Gasteiger partial charge in [-0.2, -0.15) is 5.26 Å². The Hall–Kier alpha value is -3.15. The van der Waals surface area contributed by atoms with Crippen LogP contribution in [0.4, 0.5) is 16.0 Å². The van der Waals surface area contributed by atoms with Crippen molar-refractivity contribution in [3.05, 3.63) is 64.2 Å². The minimum Gasteiger partial charge on any atom is -0.367 e. The highest BCUT2D eigenvalue weighted by atomic mass is 35.5. The number of hydrogen-bond acceptors (Lipinski definition) is 6. The van der Waals surface area contributed by atoms with Crippen molar-refractivity contribution < 1.29 is 4.39 Å². The first-order valence-corrected chi connectivity index (χ1v) is 12.1. The van der Waals surface area contributed by atoms with Gasteiger partial charge in [0.25, 0.3) is 0 Å². The van der Waals surface area contributed by atoms with E-state index in [1.54, 1.807) is 12.1 Å². The Labute approximate surface area is 202 Å². The third kappa shape index (κ3) is 3.04. The average Bonchev–Trinajstić information content (AvgIpc) is 3.56. The first kappa shape index (κ1) is 20.2. The molecular formula is C25H23ClFN7. The maximum absolute atomic E-state index is 14.4. The van der Waals surface area contributed by atoms with E-state index >= 15 is 0 Å². The van der Waals surface area contributed by atoms with Crippen molar-refractivity contribution in [1.29, 1.82) is 5.26 Å². The fraction of sp³-hybridized carbons (Fsp3) is 0.400. The Morgan fingerprint density at radius 3 is 2.59 bits per heavy atom. The van der Waals surface area contributed by atoms with Crippen molar-refractivity contribution in [1.82, 2.24) is 19.7 Å². The number of benzene rings is 2. The summed E-state index contributed by atoms with van der Waals surface area (Å²) < 4.78 is 16.6. The quantitative estimate of drug-likeness (QED) is 0.575. The molecule has 4 heterocycles. The largest absolute Gasteiger partial charge is 0.367 e. The van der Waals surface area contributed by atoms with Gasteiger partial charge < -0.3 is 9.80 Å². The van der Waals surface area contributed by atoms with E-state index in [0.717, 1.165) is 61.8 Å². The van der Waals surface area contributed by atoms with Gasteiger partial charge in [0.15, 0.2) is 5.82 Å². The molecule has 0 atom stereocenters. The number of aromatic nitrogens is 3. The normalized spacial score (nSPS) is 20.7. The average molecular weight is 476 g/mol. The summed E-state index contributed by atoms with van der Waals surface area (Å²) in [5, 5.41) is 19.3. The molecule has 1 aromatic heterocycles. The summed E-state index contributed by atoms with van der Waals surface area (Å²) in [6.45, 7) is 4.80. The van der Waals surface area contributed by atoms with Crippen LogP contribution in [-0.2, 0) is 13.1 Å². The molecule has 172 valence electrons. The third-order valence-electron chi connectivity index (χ3n) is 7.59. The number of para-hydroxylation sites is 1. The summed E-state index contributed by atoms with van der Waals surface area (Å²) in [5.74, 6) is 1.50. The Kier molecular flexibility index (Phi) is 4.27. The van der Waals surface area contributed by atoms with E-state index in [2.05, 4.69) is 42.8 Å². The van der Waals surface area contributed by atoms with Crippen molar-refractivity contribution in [3.63, 3.8) is 0 Å². The van der Waals surface area contributed by atoms with Crippen LogP contribution in [-0.4, -0.2) is 51.9 Å². The Morgan fingerprint density at radius 2 is 1.82 bits per heavy atom. The third-order valence-corrected chi connectivity index (χ3v) is 7.82. The van der Waals surface area contributed by atoms with Crippen LogP contribution in [0.1, 0.15) is 29.8 Å². The number of rotatable bonds is 3. The van der Waals surface area contributed by atoms with Crippen LogP contribution in [0.3, 0.4) is 0 Å². The lowest BCUT2D eigenvalue weighted by molar-refractivity contribution is 0.153. The second-order valence-corrected chi connectivity index (χ2v) is 10.6. The van der Waals surface area contributed by atoms with Gasteiger partial charge in [-0.3, -0.25) is 9.47 Å². The van der Waals surface area contributed by atoms with Gasteiger partial charge in [0.05, 0.1) is 23.5 Å². The van der Waals surface area contributed by atoms with Crippen molar-refractivity contribution in [2.24, 2.45) is 5.41 Å². The predicted molar refractivity (Wildman–Crippen MR) is 127 cm³/mol. The molecule has 1 saturated carbocycles. The van der Waals surface area contributed by atoms with Crippen LogP contribution in [0.2, 0.25) is 5.02 Å². The van der Waals surface area contributed by atoms with Gasteiger partial charge >= 0.3 is 0 Å². The summed E-state index contributed by atoms with van der Waals surface area (Å²) in [5.41, 5.74) is 3.21. The van der Waals surface area contributed by atoms with Gasteiger partial charge in [-0.15, -0.1) is 10.2 Å². The second kappa shape index (κ2) is 7.17. The van der Waals surface area contributed by atoms with E-state index < -0.39 is 0 Å². The van der Waals surface area contributed by atoms with E-state index in [1.165, 1.54) is 24.5 Å². The van der Waals surface area contributed by atoms with E-state index in [-0.39, 0.29) is 11.2 Å². The molecule has 1 aliphatic carbocycles. The fourth-order valence-electron chi connectivity index (χ4n) is 5.87. The summed E-state index contributed by atoms with van der Waals surface area (Å²) >= 11 is 6.35. The highest BCUT2D eigenvalue weighted by Crippen LogP contribution is 2.45. The van der Waals surface area contributed by atoms with Crippen LogP contribution >= 0.6 is 11.6 Å². The van der Waals surface area contributed by atoms with E-state index in [4.69, 9.17) is 11.6 Å². The van der Waals surface area contributed by atoms with E-state index in [1.807, 2.05) is 11.0 Å². The topological polar surface area (TPSA) is 64.2 Å². The Balaban J connectivity index is 1.15. The number of anilines is 2. The molecule has 0 bridgehead atoms. The summed E-state index contributed by atoms with van der Waals surface area (Å²) in [4.78, 5) is 6.74. The molecule has 1 spiro atoms. The molecule has 7 rings (SSSR count). The standard InChI is InChI=1S/C25H23ClFN7/c26-18-4-7-21-17(8-18)10-31(19-5-6-19)11-22-29-30-24(34(21)22)33-14-25(15-33)12-32(13-25)23-16(9-28)2-1-3-20(23)27/h1-4,7-8,19H,5-6,10-15H2. The zero-order valence-corrected chi connectivity index (χ0v) is 19.3. The molecule has 7 nitrogen and oxygen atoms in total. The fourth-order valence-corrected chi connectivity index (χ4v) is 6.06. The van der Waals surface area contributed by atoms with Crippen LogP contribution in [0.25, 0.3) is 5.69 Å². The molecule has 0 amide bonds. The summed E-state index contributed by atoms with van der Waals surface area (Å²) in [7, 11) is 0.